The second-order valence-electron chi connectivity index (χ2n) is 5.59. The van der Waals surface area contributed by atoms with Crippen LogP contribution in [0.15, 0.2) is 47.4 Å². The van der Waals surface area contributed by atoms with Crippen LogP contribution in [-0.4, -0.2) is 18.3 Å². The molecule has 2 heterocycles. The second-order valence-corrected chi connectivity index (χ2v) is 6.93. The molecule has 2 aliphatic rings. The van der Waals surface area contributed by atoms with Gasteiger partial charge in [0, 0.05) is 40.2 Å². The highest BCUT2D eigenvalue weighted by molar-refractivity contribution is 8.00. The molecule has 0 amide bonds. The summed E-state index contributed by atoms with van der Waals surface area (Å²) in [5.74, 6) is 0. The van der Waals surface area contributed by atoms with E-state index in [0.717, 1.165) is 25.2 Å². The van der Waals surface area contributed by atoms with E-state index < -0.39 is 0 Å². The molecule has 0 aromatic heterocycles. The van der Waals surface area contributed by atoms with E-state index in [1.165, 1.54) is 28.1 Å². The van der Waals surface area contributed by atoms with Crippen molar-refractivity contribution < 1.29 is 0 Å². The Hall–Kier alpha value is -1.61. The predicted octanol–water partition coefficient (Wildman–Crippen LogP) is 3.35. The summed E-state index contributed by atoms with van der Waals surface area (Å²) >= 11 is 2.03. The van der Waals surface area contributed by atoms with Crippen LogP contribution in [0.25, 0.3) is 0 Å². The Morgan fingerprint density at radius 3 is 2.95 bits per heavy atom. The number of hydrogen-bond acceptors (Lipinski definition) is 3. The van der Waals surface area contributed by atoms with Gasteiger partial charge in [-0.15, -0.1) is 11.8 Å². The fourth-order valence-electron chi connectivity index (χ4n) is 3.32. The lowest BCUT2D eigenvalue weighted by Gasteiger charge is -2.23. The first kappa shape index (κ1) is 12.2. The zero-order chi connectivity index (χ0) is 13.5. The van der Waals surface area contributed by atoms with Crippen molar-refractivity contribution in [3.63, 3.8) is 0 Å². The Labute approximate surface area is 124 Å². The summed E-state index contributed by atoms with van der Waals surface area (Å²) in [4.78, 5) is 3.97. The summed E-state index contributed by atoms with van der Waals surface area (Å²) in [5.41, 5.74) is 11.2. The van der Waals surface area contributed by atoms with Crippen molar-refractivity contribution in [1.29, 1.82) is 0 Å². The number of nitrogens with two attached hydrogens (primary N) is 1. The average molecular weight is 282 g/mol. The third-order valence-electron chi connectivity index (χ3n) is 4.30. The molecule has 0 spiro atoms. The van der Waals surface area contributed by atoms with E-state index >= 15 is 0 Å². The third-order valence-corrected chi connectivity index (χ3v) is 5.60. The molecular weight excluding hydrogens is 264 g/mol. The molecule has 2 aliphatic heterocycles. The first-order valence-electron chi connectivity index (χ1n) is 7.18. The fourth-order valence-corrected chi connectivity index (χ4v) is 4.66. The van der Waals surface area contributed by atoms with Crippen molar-refractivity contribution in [2.75, 3.05) is 23.7 Å². The summed E-state index contributed by atoms with van der Waals surface area (Å²) in [6.07, 6.45) is 2.28. The van der Waals surface area contributed by atoms with Crippen molar-refractivity contribution in [2.24, 2.45) is 0 Å². The lowest BCUT2D eigenvalue weighted by atomic mass is 10.1. The van der Waals surface area contributed by atoms with Gasteiger partial charge in [0.15, 0.2) is 0 Å². The first-order valence-corrected chi connectivity index (χ1v) is 8.06. The highest BCUT2D eigenvalue weighted by Crippen LogP contribution is 2.39. The maximum absolute atomic E-state index is 6.08. The lowest BCUT2D eigenvalue weighted by molar-refractivity contribution is 0.773. The number of nitrogens with zero attached hydrogens (tertiary/aromatic N) is 1. The van der Waals surface area contributed by atoms with Gasteiger partial charge in [0.05, 0.1) is 0 Å². The van der Waals surface area contributed by atoms with Crippen LogP contribution in [0.1, 0.15) is 11.1 Å². The number of rotatable bonds is 2. The topological polar surface area (TPSA) is 29.3 Å². The molecule has 2 nitrogen and oxygen atoms in total. The summed E-state index contributed by atoms with van der Waals surface area (Å²) in [5, 5.41) is 0.666. The van der Waals surface area contributed by atoms with Crippen LogP contribution in [0, 0.1) is 0 Å². The van der Waals surface area contributed by atoms with Crippen LogP contribution < -0.4 is 10.6 Å². The quantitative estimate of drug-likeness (QED) is 0.857. The minimum atomic E-state index is 0.666. The second kappa shape index (κ2) is 4.74. The van der Waals surface area contributed by atoms with Gasteiger partial charge in [0.2, 0.25) is 0 Å². The van der Waals surface area contributed by atoms with Crippen LogP contribution in [0.5, 0.6) is 0 Å². The standard InChI is InChI=1S/C17H18N2S/c18-15-5-3-6-16-14(15)8-9-19(16)11-13-10-12-4-1-2-7-17(12)20-13/h1-7,13H,8-11,18H2. The molecule has 0 saturated carbocycles. The smallest absolute Gasteiger partial charge is 0.0420 e. The third kappa shape index (κ3) is 1.97. The van der Waals surface area contributed by atoms with Crippen LogP contribution in [0.4, 0.5) is 11.4 Å². The highest BCUT2D eigenvalue weighted by Gasteiger charge is 2.27. The first-order chi connectivity index (χ1) is 9.81. The Morgan fingerprint density at radius 2 is 2.05 bits per heavy atom. The summed E-state index contributed by atoms with van der Waals surface area (Å²) < 4.78 is 0. The molecule has 0 aliphatic carbocycles. The Bertz CT molecular complexity index is 628. The molecule has 2 aromatic rings. The van der Waals surface area contributed by atoms with E-state index in [1.54, 1.807) is 0 Å². The van der Waals surface area contributed by atoms with Gasteiger partial charge < -0.3 is 10.6 Å². The molecule has 20 heavy (non-hydrogen) atoms. The van der Waals surface area contributed by atoms with Gasteiger partial charge in [-0.25, -0.2) is 0 Å². The monoisotopic (exact) mass is 282 g/mol. The summed E-state index contributed by atoms with van der Waals surface area (Å²) in [7, 11) is 0. The van der Waals surface area contributed by atoms with E-state index in [-0.39, 0.29) is 0 Å². The van der Waals surface area contributed by atoms with Gasteiger partial charge in [-0.2, -0.15) is 0 Å². The van der Waals surface area contributed by atoms with Crippen LogP contribution in [-0.2, 0) is 12.8 Å². The zero-order valence-corrected chi connectivity index (χ0v) is 12.2. The van der Waals surface area contributed by atoms with Crippen LogP contribution in [0.2, 0.25) is 0 Å². The lowest BCUT2D eigenvalue weighted by Crippen LogP contribution is -2.29. The van der Waals surface area contributed by atoms with Gasteiger partial charge >= 0.3 is 0 Å². The van der Waals surface area contributed by atoms with Crippen LogP contribution >= 0.6 is 11.8 Å². The van der Waals surface area contributed by atoms with Gasteiger partial charge in [-0.05, 0) is 36.6 Å². The summed E-state index contributed by atoms with van der Waals surface area (Å²) in [6.45, 7) is 2.23. The van der Waals surface area contributed by atoms with E-state index in [0.29, 0.717) is 5.25 Å². The van der Waals surface area contributed by atoms with Gasteiger partial charge in [0.25, 0.3) is 0 Å². The van der Waals surface area contributed by atoms with Gasteiger partial charge in [-0.3, -0.25) is 0 Å². The van der Waals surface area contributed by atoms with Crippen molar-refractivity contribution in [1.82, 2.24) is 0 Å². The summed E-state index contributed by atoms with van der Waals surface area (Å²) in [6, 6.07) is 15.1. The molecule has 0 saturated heterocycles. The number of nitrogen functional groups attached to an aromatic ring is 1. The van der Waals surface area contributed by atoms with Crippen molar-refractivity contribution >= 4 is 23.1 Å². The van der Waals surface area contributed by atoms with Gasteiger partial charge in [0.1, 0.15) is 0 Å². The fraction of sp³-hybridized carbons (Fsp3) is 0.294. The molecule has 0 radical (unpaired) electrons. The van der Waals surface area contributed by atoms with E-state index in [1.807, 2.05) is 17.8 Å². The number of hydrogen-bond donors (Lipinski definition) is 1. The maximum atomic E-state index is 6.08. The Morgan fingerprint density at radius 1 is 1.15 bits per heavy atom. The molecule has 4 rings (SSSR count). The molecule has 3 heteroatoms. The molecule has 2 aromatic carbocycles. The number of anilines is 2. The van der Waals surface area contributed by atoms with E-state index in [4.69, 9.17) is 5.73 Å². The minimum Gasteiger partial charge on any atom is -0.398 e. The number of thioether (sulfide) groups is 1. The van der Waals surface area contributed by atoms with Crippen molar-refractivity contribution in [3.05, 3.63) is 53.6 Å². The predicted molar refractivity (Wildman–Crippen MR) is 86.6 cm³/mol. The highest BCUT2D eigenvalue weighted by atomic mass is 32.2. The van der Waals surface area contributed by atoms with E-state index in [9.17, 15) is 0 Å². The molecule has 102 valence electrons. The maximum Gasteiger partial charge on any atom is 0.0420 e. The van der Waals surface area contributed by atoms with Crippen molar-refractivity contribution in [3.8, 4) is 0 Å². The normalized spacial score (nSPS) is 20.0. The SMILES string of the molecule is Nc1cccc2c1CCN2CC1Cc2ccccc2S1. The zero-order valence-electron chi connectivity index (χ0n) is 11.4. The Balaban J connectivity index is 1.52. The minimum absolute atomic E-state index is 0.666. The molecule has 1 unspecified atom stereocenters. The molecule has 0 fully saturated rings. The molecule has 0 bridgehead atoms. The van der Waals surface area contributed by atoms with E-state index in [2.05, 4.69) is 41.3 Å². The largest absolute Gasteiger partial charge is 0.398 e. The average Bonchev–Trinajstić information content (AvgIpc) is 3.04. The molecule has 2 N–H and O–H groups in total. The number of fused-ring (bicyclic) bond motifs is 2. The van der Waals surface area contributed by atoms with Crippen molar-refractivity contribution in [2.45, 2.75) is 23.0 Å². The van der Waals surface area contributed by atoms with Gasteiger partial charge in [-0.1, -0.05) is 24.3 Å². The molecule has 1 atom stereocenters. The van der Waals surface area contributed by atoms with Crippen LogP contribution in [0.3, 0.4) is 0 Å². The molecular formula is C17H18N2S. The Kier molecular flexibility index (Phi) is 2.88. The number of benzene rings is 2.